The third-order valence-electron chi connectivity index (χ3n) is 1.28. The maximum Gasteiger partial charge on any atom is 0.323 e. The van der Waals surface area contributed by atoms with Crippen LogP contribution in [0.15, 0.2) is 0 Å². The summed E-state index contributed by atoms with van der Waals surface area (Å²) in [5.74, 6) is 0. The second-order valence-electron chi connectivity index (χ2n) is 1.97. The van der Waals surface area contributed by atoms with Gasteiger partial charge in [-0.25, -0.2) is 4.79 Å². The summed E-state index contributed by atoms with van der Waals surface area (Å²) >= 11 is 4.51. The largest absolute Gasteiger partial charge is 0.376 e. The maximum absolute atomic E-state index is 11.1. The first-order valence-electron chi connectivity index (χ1n) is 3.47. The number of rotatable bonds is 2. The average molecular weight is 175 g/mol. The molecule has 0 rings (SSSR count). The molecule has 0 heterocycles. The molecule has 5 heteroatoms. The summed E-state index contributed by atoms with van der Waals surface area (Å²) in [7, 11) is 0. The second-order valence-corrected chi connectivity index (χ2v) is 2.41. The predicted molar refractivity (Wildman–Crippen MR) is 48.2 cm³/mol. The number of hydrogen-bond donors (Lipinski definition) is 2. The number of nitrogens with zero attached hydrogens (tertiary/aromatic N) is 1. The first-order chi connectivity index (χ1) is 5.11. The van der Waals surface area contributed by atoms with Crippen LogP contribution in [0.5, 0.6) is 0 Å². The molecular formula is C6H13N3OS. The summed E-state index contributed by atoms with van der Waals surface area (Å²) in [4.78, 5) is 12.7. The van der Waals surface area contributed by atoms with Crippen LogP contribution in [0.4, 0.5) is 4.79 Å². The van der Waals surface area contributed by atoms with Crippen molar-refractivity contribution in [2.24, 2.45) is 5.73 Å². The van der Waals surface area contributed by atoms with Crippen molar-refractivity contribution < 1.29 is 4.79 Å². The summed E-state index contributed by atoms with van der Waals surface area (Å²) < 4.78 is 0. The molecule has 0 fully saturated rings. The highest BCUT2D eigenvalue weighted by molar-refractivity contribution is 7.80. The average Bonchev–Trinajstić information content (AvgIpc) is 1.88. The van der Waals surface area contributed by atoms with E-state index >= 15 is 0 Å². The van der Waals surface area contributed by atoms with Gasteiger partial charge in [0.1, 0.15) is 0 Å². The number of urea groups is 1. The standard InChI is InChI=1S/C6H13N3OS/c1-3-9(4-2)6(10)8-5(7)11/h3-4H2,1-2H3,(H3,7,8,10,11). The highest BCUT2D eigenvalue weighted by Gasteiger charge is 2.07. The first-order valence-corrected chi connectivity index (χ1v) is 3.88. The topological polar surface area (TPSA) is 58.4 Å². The molecule has 0 spiro atoms. The third-order valence-corrected chi connectivity index (χ3v) is 1.38. The highest BCUT2D eigenvalue weighted by Crippen LogP contribution is 1.86. The molecule has 4 nitrogen and oxygen atoms in total. The van der Waals surface area contributed by atoms with E-state index in [4.69, 9.17) is 5.73 Å². The van der Waals surface area contributed by atoms with Gasteiger partial charge >= 0.3 is 6.03 Å². The van der Waals surface area contributed by atoms with Crippen LogP contribution in [0.3, 0.4) is 0 Å². The summed E-state index contributed by atoms with van der Waals surface area (Å²) in [6.45, 7) is 5.10. The zero-order valence-corrected chi connectivity index (χ0v) is 7.57. The van der Waals surface area contributed by atoms with Crippen molar-refractivity contribution in [3.63, 3.8) is 0 Å². The van der Waals surface area contributed by atoms with Crippen LogP contribution in [0.2, 0.25) is 0 Å². The molecule has 3 N–H and O–H groups in total. The highest BCUT2D eigenvalue weighted by atomic mass is 32.1. The Morgan fingerprint density at radius 2 is 2.00 bits per heavy atom. The van der Waals surface area contributed by atoms with Crippen LogP contribution >= 0.6 is 12.2 Å². The molecule has 0 radical (unpaired) electrons. The Balaban J connectivity index is 3.89. The quantitative estimate of drug-likeness (QED) is 0.593. The minimum Gasteiger partial charge on any atom is -0.376 e. The van der Waals surface area contributed by atoms with Crippen LogP contribution in [-0.4, -0.2) is 29.1 Å². The predicted octanol–water partition coefficient (Wildman–Crippen LogP) is 0.281. The van der Waals surface area contributed by atoms with Crippen LogP contribution in [0.1, 0.15) is 13.8 Å². The monoisotopic (exact) mass is 175 g/mol. The van der Waals surface area contributed by atoms with Gasteiger partial charge < -0.3 is 10.6 Å². The van der Waals surface area contributed by atoms with E-state index < -0.39 is 0 Å². The van der Waals surface area contributed by atoms with Gasteiger partial charge in [-0.2, -0.15) is 0 Å². The van der Waals surface area contributed by atoms with Crippen molar-refractivity contribution in [1.82, 2.24) is 10.2 Å². The van der Waals surface area contributed by atoms with E-state index in [2.05, 4.69) is 17.5 Å². The number of carbonyl (C=O) groups excluding carboxylic acids is 1. The van der Waals surface area contributed by atoms with Crippen molar-refractivity contribution in [1.29, 1.82) is 0 Å². The minimum atomic E-state index is -0.234. The normalized spacial score (nSPS) is 8.91. The summed E-state index contributed by atoms with van der Waals surface area (Å²) in [6, 6.07) is -0.234. The number of thiocarbonyl (C=S) groups is 1. The third kappa shape index (κ3) is 3.77. The van der Waals surface area contributed by atoms with Crippen LogP contribution < -0.4 is 11.1 Å². The molecule has 0 aromatic rings. The number of carbonyl (C=O) groups is 1. The van der Waals surface area contributed by atoms with E-state index in [9.17, 15) is 4.79 Å². The smallest absolute Gasteiger partial charge is 0.323 e. The fourth-order valence-corrected chi connectivity index (χ4v) is 0.783. The van der Waals surface area contributed by atoms with Gasteiger partial charge in [0, 0.05) is 13.1 Å². The van der Waals surface area contributed by atoms with Gasteiger partial charge in [0.2, 0.25) is 0 Å². The minimum absolute atomic E-state index is 0.0156. The summed E-state index contributed by atoms with van der Waals surface area (Å²) in [5.41, 5.74) is 5.11. The molecule has 0 aliphatic carbocycles. The maximum atomic E-state index is 11.1. The van der Waals surface area contributed by atoms with Gasteiger partial charge in [0.05, 0.1) is 0 Å². The first kappa shape index (κ1) is 10.2. The molecule has 0 unspecified atom stereocenters. The molecule has 0 atom stereocenters. The van der Waals surface area contributed by atoms with Gasteiger partial charge in [0.15, 0.2) is 5.11 Å². The van der Waals surface area contributed by atoms with Crippen molar-refractivity contribution in [3.05, 3.63) is 0 Å². The summed E-state index contributed by atoms with van der Waals surface area (Å²) in [5, 5.41) is 2.36. The fraction of sp³-hybridized carbons (Fsp3) is 0.667. The Kier molecular flexibility index (Phi) is 4.52. The molecule has 0 saturated heterocycles. The molecular weight excluding hydrogens is 162 g/mol. The molecule has 0 aromatic carbocycles. The Labute approximate surface area is 71.7 Å². The van der Waals surface area contributed by atoms with Crippen molar-refractivity contribution in [2.45, 2.75) is 13.8 Å². The van der Waals surface area contributed by atoms with E-state index in [1.54, 1.807) is 4.90 Å². The van der Waals surface area contributed by atoms with E-state index in [-0.39, 0.29) is 11.1 Å². The van der Waals surface area contributed by atoms with Crippen molar-refractivity contribution in [2.75, 3.05) is 13.1 Å². The lowest BCUT2D eigenvalue weighted by molar-refractivity contribution is 0.208. The van der Waals surface area contributed by atoms with Crippen LogP contribution in [0.25, 0.3) is 0 Å². The van der Waals surface area contributed by atoms with Gasteiger partial charge in [0.25, 0.3) is 0 Å². The van der Waals surface area contributed by atoms with Crippen LogP contribution in [-0.2, 0) is 0 Å². The van der Waals surface area contributed by atoms with Gasteiger partial charge in [-0.3, -0.25) is 5.32 Å². The van der Waals surface area contributed by atoms with Crippen LogP contribution in [0, 0.1) is 0 Å². The van der Waals surface area contributed by atoms with E-state index in [0.717, 1.165) is 0 Å². The Morgan fingerprint density at radius 3 is 2.27 bits per heavy atom. The summed E-state index contributed by atoms with van der Waals surface area (Å²) in [6.07, 6.45) is 0. The van der Waals surface area contributed by atoms with Gasteiger partial charge in [-0.15, -0.1) is 0 Å². The Hall–Kier alpha value is -0.840. The SMILES string of the molecule is CCN(CC)C(=O)NC(N)=S. The van der Waals surface area contributed by atoms with Gasteiger partial charge in [-0.05, 0) is 26.1 Å². The van der Waals surface area contributed by atoms with Crippen molar-refractivity contribution in [3.8, 4) is 0 Å². The number of nitrogens with one attached hydrogen (secondary N) is 1. The molecule has 0 aliphatic heterocycles. The zero-order chi connectivity index (χ0) is 8.85. The Morgan fingerprint density at radius 1 is 1.55 bits per heavy atom. The zero-order valence-electron chi connectivity index (χ0n) is 6.76. The van der Waals surface area contributed by atoms with E-state index in [1.165, 1.54) is 0 Å². The van der Waals surface area contributed by atoms with E-state index in [1.807, 2.05) is 13.8 Å². The number of amides is 2. The van der Waals surface area contributed by atoms with Crippen molar-refractivity contribution >= 4 is 23.4 Å². The molecule has 0 aliphatic rings. The molecule has 2 amide bonds. The van der Waals surface area contributed by atoms with E-state index in [0.29, 0.717) is 13.1 Å². The Bertz CT molecular complexity index is 156. The fourth-order valence-electron chi connectivity index (χ4n) is 0.695. The van der Waals surface area contributed by atoms with Gasteiger partial charge in [-0.1, -0.05) is 0 Å². The second kappa shape index (κ2) is 4.90. The number of hydrogen-bond acceptors (Lipinski definition) is 2. The molecule has 0 aromatic heterocycles. The molecule has 0 bridgehead atoms. The lowest BCUT2D eigenvalue weighted by Gasteiger charge is -2.18. The lowest BCUT2D eigenvalue weighted by Crippen LogP contribution is -2.44. The lowest BCUT2D eigenvalue weighted by atomic mass is 10.5. The molecule has 64 valence electrons. The molecule has 0 saturated carbocycles. The number of nitrogens with two attached hydrogens (primary N) is 1. The molecule has 11 heavy (non-hydrogen) atoms.